The number of hydrogen-bond acceptors (Lipinski definition) is 2. The van der Waals surface area contributed by atoms with Gasteiger partial charge in [0.25, 0.3) is 11.7 Å². The van der Waals surface area contributed by atoms with E-state index >= 15 is 0 Å². The summed E-state index contributed by atoms with van der Waals surface area (Å²) in [6.45, 7) is 4.30. The van der Waals surface area contributed by atoms with Crippen LogP contribution >= 0.6 is 0 Å². The third kappa shape index (κ3) is 4.38. The number of carbonyl (C=O) groups excluding carboxylic acids is 1. The number of pyridine rings is 1. The quantitative estimate of drug-likeness (QED) is 0.711. The van der Waals surface area contributed by atoms with Gasteiger partial charge in [-0.05, 0) is 17.7 Å². The molecule has 0 spiro atoms. The highest BCUT2D eigenvalue weighted by Crippen LogP contribution is 2.27. The van der Waals surface area contributed by atoms with Crippen molar-refractivity contribution in [1.29, 1.82) is 0 Å². The molecular formula is C23H26N4O+2. The van der Waals surface area contributed by atoms with E-state index in [0.29, 0.717) is 6.54 Å². The maximum Gasteiger partial charge on any atom is 0.279 e. The van der Waals surface area contributed by atoms with Crippen LogP contribution in [0.5, 0.6) is 0 Å². The van der Waals surface area contributed by atoms with E-state index < -0.39 is 0 Å². The number of anilines is 2. The summed E-state index contributed by atoms with van der Waals surface area (Å²) < 4.78 is 0. The topological polar surface area (TPSA) is 50.9 Å². The first-order chi connectivity index (χ1) is 13.8. The molecule has 0 bridgehead atoms. The molecule has 4 rings (SSSR count). The lowest BCUT2D eigenvalue weighted by atomic mass is 10.0. The van der Waals surface area contributed by atoms with Crippen molar-refractivity contribution in [2.75, 3.05) is 42.9 Å². The van der Waals surface area contributed by atoms with E-state index in [1.807, 2.05) is 60.8 Å². The number of para-hydroxylation sites is 1. The Labute approximate surface area is 165 Å². The number of aromatic amines is 1. The van der Waals surface area contributed by atoms with Crippen LogP contribution in [0, 0.1) is 0 Å². The van der Waals surface area contributed by atoms with E-state index in [0.717, 1.165) is 48.8 Å². The van der Waals surface area contributed by atoms with Gasteiger partial charge in [0.2, 0.25) is 0 Å². The van der Waals surface area contributed by atoms with Gasteiger partial charge in [-0.25, -0.2) is 4.98 Å². The third-order valence-corrected chi connectivity index (χ3v) is 5.20. The summed E-state index contributed by atoms with van der Waals surface area (Å²) >= 11 is 0. The van der Waals surface area contributed by atoms with Crippen molar-refractivity contribution in [1.82, 2.24) is 0 Å². The molecule has 3 N–H and O–H groups in total. The van der Waals surface area contributed by atoms with E-state index in [-0.39, 0.29) is 5.91 Å². The normalized spacial score (nSPS) is 14.6. The molecule has 0 aliphatic carbocycles. The fourth-order valence-corrected chi connectivity index (χ4v) is 3.70. The summed E-state index contributed by atoms with van der Waals surface area (Å²) in [7, 11) is 0. The third-order valence-electron chi connectivity index (χ3n) is 5.20. The predicted octanol–water partition coefficient (Wildman–Crippen LogP) is 1.51. The molecule has 0 saturated carbocycles. The van der Waals surface area contributed by atoms with Gasteiger partial charge in [0.05, 0.1) is 6.20 Å². The second-order valence-electron chi connectivity index (χ2n) is 7.12. The number of quaternary nitrogens is 1. The van der Waals surface area contributed by atoms with Gasteiger partial charge in [0, 0.05) is 17.3 Å². The molecule has 1 aromatic heterocycles. The maximum absolute atomic E-state index is 12.7. The number of aromatic nitrogens is 1. The molecule has 0 atom stereocenters. The van der Waals surface area contributed by atoms with Gasteiger partial charge < -0.3 is 10.2 Å². The number of piperazine rings is 1. The minimum atomic E-state index is 0.0677. The summed E-state index contributed by atoms with van der Waals surface area (Å²) in [5.74, 6) is 1.21. The Hall–Kier alpha value is -3.18. The molecule has 1 amide bonds. The van der Waals surface area contributed by atoms with Crippen molar-refractivity contribution >= 4 is 17.4 Å². The van der Waals surface area contributed by atoms with Crippen molar-refractivity contribution in [2.45, 2.75) is 0 Å². The van der Waals surface area contributed by atoms with Crippen LogP contribution in [-0.4, -0.2) is 38.6 Å². The number of nitrogens with zero attached hydrogens (tertiary/aromatic N) is 1. The van der Waals surface area contributed by atoms with Crippen LogP contribution in [0.3, 0.4) is 0 Å². The van der Waals surface area contributed by atoms with Crippen molar-refractivity contribution in [3.8, 4) is 11.1 Å². The van der Waals surface area contributed by atoms with Gasteiger partial charge >= 0.3 is 0 Å². The predicted molar refractivity (Wildman–Crippen MR) is 111 cm³/mol. The highest BCUT2D eigenvalue weighted by Gasteiger charge is 2.27. The minimum absolute atomic E-state index is 0.0677. The van der Waals surface area contributed by atoms with Gasteiger partial charge in [-0.1, -0.05) is 54.6 Å². The lowest BCUT2D eigenvalue weighted by Crippen LogP contribution is -3.15. The minimum Gasteiger partial charge on any atom is -0.321 e. The van der Waals surface area contributed by atoms with Gasteiger partial charge in [0.1, 0.15) is 26.2 Å². The Morgan fingerprint density at radius 3 is 2.39 bits per heavy atom. The van der Waals surface area contributed by atoms with Gasteiger partial charge in [-0.3, -0.25) is 9.69 Å². The molecule has 1 saturated heterocycles. The second kappa shape index (κ2) is 8.67. The molecule has 1 aliphatic heterocycles. The van der Waals surface area contributed by atoms with Crippen LogP contribution in [-0.2, 0) is 4.79 Å². The fourth-order valence-electron chi connectivity index (χ4n) is 3.70. The Morgan fingerprint density at radius 2 is 1.64 bits per heavy atom. The summed E-state index contributed by atoms with van der Waals surface area (Å²) in [4.78, 5) is 19.6. The highest BCUT2D eigenvalue weighted by molar-refractivity contribution is 5.96. The summed E-state index contributed by atoms with van der Waals surface area (Å²) in [5, 5.41) is 3.12. The average Bonchev–Trinajstić information content (AvgIpc) is 2.76. The van der Waals surface area contributed by atoms with Crippen LogP contribution in [0.15, 0.2) is 79.0 Å². The molecule has 2 heterocycles. The molecule has 3 aromatic rings. The summed E-state index contributed by atoms with van der Waals surface area (Å²) in [5.41, 5.74) is 3.03. The molecule has 1 fully saturated rings. The number of rotatable bonds is 5. The van der Waals surface area contributed by atoms with E-state index in [1.165, 1.54) is 4.90 Å². The van der Waals surface area contributed by atoms with Crippen LogP contribution in [0.1, 0.15) is 0 Å². The monoisotopic (exact) mass is 374 g/mol. The summed E-state index contributed by atoms with van der Waals surface area (Å²) in [6, 6.07) is 24.3. The van der Waals surface area contributed by atoms with Gasteiger partial charge in [-0.15, -0.1) is 0 Å². The van der Waals surface area contributed by atoms with E-state index in [2.05, 4.69) is 33.4 Å². The number of amides is 1. The van der Waals surface area contributed by atoms with E-state index in [9.17, 15) is 4.79 Å². The van der Waals surface area contributed by atoms with Crippen LogP contribution in [0.25, 0.3) is 11.1 Å². The van der Waals surface area contributed by atoms with E-state index in [1.54, 1.807) is 0 Å². The lowest BCUT2D eigenvalue weighted by Gasteiger charge is -2.27. The van der Waals surface area contributed by atoms with Crippen molar-refractivity contribution in [3.63, 3.8) is 0 Å². The molecule has 0 radical (unpaired) electrons. The largest absolute Gasteiger partial charge is 0.321 e. The molecule has 1 aliphatic rings. The van der Waals surface area contributed by atoms with Crippen molar-refractivity contribution < 1.29 is 14.7 Å². The molecule has 142 valence electrons. The number of benzene rings is 2. The van der Waals surface area contributed by atoms with Crippen LogP contribution in [0.4, 0.5) is 11.5 Å². The van der Waals surface area contributed by atoms with Crippen molar-refractivity contribution in [3.05, 3.63) is 79.0 Å². The smallest absolute Gasteiger partial charge is 0.279 e. The van der Waals surface area contributed by atoms with Gasteiger partial charge in [0.15, 0.2) is 6.54 Å². The first-order valence-electron chi connectivity index (χ1n) is 9.79. The Balaban J connectivity index is 1.35. The number of H-pyrrole nitrogens is 1. The Morgan fingerprint density at radius 1 is 0.929 bits per heavy atom. The number of carbonyl (C=O) groups is 1. The molecular weight excluding hydrogens is 348 g/mol. The standard InChI is InChI=1S/C23H24N4O/c28-23(18-26-14-16-27(17-15-26)22-12-6-7-13-24-22)25-21-11-5-4-10-20(21)19-8-2-1-3-9-19/h1-13H,14-18H2,(H,25,28)/p+2. The Kier molecular flexibility index (Phi) is 5.64. The maximum atomic E-state index is 12.7. The summed E-state index contributed by atoms with van der Waals surface area (Å²) in [6.07, 6.45) is 1.95. The molecule has 0 unspecified atom stereocenters. The van der Waals surface area contributed by atoms with Crippen LogP contribution < -0.4 is 20.1 Å². The first-order valence-corrected chi connectivity index (χ1v) is 9.79. The average molecular weight is 374 g/mol. The fraction of sp³-hybridized carbons (Fsp3) is 0.217. The molecule has 5 heteroatoms. The van der Waals surface area contributed by atoms with Crippen LogP contribution in [0.2, 0.25) is 0 Å². The molecule has 5 nitrogen and oxygen atoms in total. The SMILES string of the molecule is O=C(C[NH+]1CCN(c2cccc[nH+]2)CC1)Nc1ccccc1-c1ccccc1. The number of nitrogens with one attached hydrogen (secondary N) is 3. The molecule has 28 heavy (non-hydrogen) atoms. The second-order valence-corrected chi connectivity index (χ2v) is 7.12. The van der Waals surface area contributed by atoms with E-state index in [4.69, 9.17) is 0 Å². The first kappa shape index (κ1) is 18.2. The van der Waals surface area contributed by atoms with Gasteiger partial charge in [-0.2, -0.15) is 0 Å². The lowest BCUT2D eigenvalue weighted by molar-refractivity contribution is -0.892. The highest BCUT2D eigenvalue weighted by atomic mass is 16.2. The molecule has 2 aromatic carbocycles. The van der Waals surface area contributed by atoms with Crippen molar-refractivity contribution in [2.24, 2.45) is 0 Å². The zero-order valence-corrected chi connectivity index (χ0v) is 15.9. The zero-order chi connectivity index (χ0) is 19.2. The number of hydrogen-bond donors (Lipinski definition) is 2. The Bertz CT molecular complexity index is 906. The zero-order valence-electron chi connectivity index (χ0n) is 15.9.